The van der Waals surface area contributed by atoms with Crippen molar-refractivity contribution in [1.82, 2.24) is 0 Å². The molecule has 0 bridgehead atoms. The fourth-order valence-corrected chi connectivity index (χ4v) is 0.348. The third kappa shape index (κ3) is 2.51. The molecule has 3 heteroatoms. The van der Waals surface area contributed by atoms with Crippen molar-refractivity contribution in [3.05, 3.63) is 0 Å². The van der Waals surface area contributed by atoms with Crippen LogP contribution in [0.15, 0.2) is 0 Å². The summed E-state index contributed by atoms with van der Waals surface area (Å²) in [7, 11) is 0. The second-order valence-electron chi connectivity index (χ2n) is 1.28. The lowest BCUT2D eigenvalue weighted by Gasteiger charge is -1.97. The van der Waals surface area contributed by atoms with Crippen molar-refractivity contribution >= 4 is 17.7 Å². The average Bonchev–Trinajstić information content (AvgIpc) is 1.65. The Hall–Kier alpha value is -0.180. The van der Waals surface area contributed by atoms with Gasteiger partial charge in [0.05, 0.1) is 5.25 Å². The van der Waals surface area contributed by atoms with Crippen molar-refractivity contribution < 1.29 is 4.79 Å². The Kier molecular flexibility index (Phi) is 2.83. The smallest absolute Gasteiger partial charge is 0.230 e. The number of hydrogen-bond donors (Lipinski definition) is 1. The minimum absolute atomic E-state index is 0.0417. The summed E-state index contributed by atoms with van der Waals surface area (Å²) in [6, 6.07) is 0. The van der Waals surface area contributed by atoms with Crippen LogP contribution in [-0.2, 0) is 4.79 Å². The van der Waals surface area contributed by atoms with Gasteiger partial charge in [-0.2, -0.15) is 11.8 Å². The molecule has 0 radical (unpaired) electrons. The maximum atomic E-state index is 10.1. The number of thioether (sulfide) groups is 1. The van der Waals surface area contributed by atoms with Gasteiger partial charge < -0.3 is 5.73 Å². The zero-order valence-corrected chi connectivity index (χ0v) is 5.29. The number of rotatable bonds is 2. The van der Waals surface area contributed by atoms with Crippen molar-refractivity contribution in [3.8, 4) is 0 Å². The Labute approximate surface area is 47.5 Å². The maximum Gasteiger partial charge on any atom is 0.230 e. The fourth-order valence-electron chi connectivity index (χ4n) is 0.116. The van der Waals surface area contributed by atoms with Gasteiger partial charge in [-0.05, 0) is 13.2 Å². The van der Waals surface area contributed by atoms with Crippen molar-refractivity contribution in [3.63, 3.8) is 0 Å². The summed E-state index contributed by atoms with van der Waals surface area (Å²) in [5.41, 5.74) is 4.89. The summed E-state index contributed by atoms with van der Waals surface area (Å²) >= 11 is 1.46. The summed E-state index contributed by atoms with van der Waals surface area (Å²) in [4.78, 5) is 10.1. The average molecular weight is 119 g/mol. The van der Waals surface area contributed by atoms with Crippen LogP contribution in [0.2, 0.25) is 0 Å². The number of primary amides is 1. The molecule has 42 valence electrons. The van der Waals surface area contributed by atoms with Gasteiger partial charge in [-0.15, -0.1) is 0 Å². The predicted molar refractivity (Wildman–Crippen MR) is 32.2 cm³/mol. The lowest BCUT2D eigenvalue weighted by molar-refractivity contribution is -0.117. The Morgan fingerprint density at radius 3 is 2.29 bits per heavy atom. The van der Waals surface area contributed by atoms with E-state index in [1.54, 1.807) is 6.92 Å². The molecule has 1 amide bonds. The highest BCUT2D eigenvalue weighted by Crippen LogP contribution is 2.01. The lowest BCUT2D eigenvalue weighted by atomic mass is 10.5. The lowest BCUT2D eigenvalue weighted by Crippen LogP contribution is -2.21. The Morgan fingerprint density at radius 2 is 2.29 bits per heavy atom. The second kappa shape index (κ2) is 2.91. The van der Waals surface area contributed by atoms with Gasteiger partial charge in [0, 0.05) is 0 Å². The highest BCUT2D eigenvalue weighted by Gasteiger charge is 2.02. The highest BCUT2D eigenvalue weighted by molar-refractivity contribution is 7.99. The molecule has 1 atom stereocenters. The molecule has 2 nitrogen and oxygen atoms in total. The van der Waals surface area contributed by atoms with Crippen LogP contribution in [0.5, 0.6) is 0 Å². The molecule has 0 saturated carbocycles. The normalized spacial score (nSPS) is 13.4. The summed E-state index contributed by atoms with van der Waals surface area (Å²) in [5.74, 6) is -0.243. The number of carbonyl (C=O) groups excluding carboxylic acids is 1. The zero-order chi connectivity index (χ0) is 5.86. The van der Waals surface area contributed by atoms with Crippen LogP contribution in [0.3, 0.4) is 0 Å². The van der Waals surface area contributed by atoms with Crippen LogP contribution < -0.4 is 5.73 Å². The standard InChI is InChI=1S/C4H9NOS/c1-3(7-2)4(5)6/h3H,1-2H3,(H2,5,6). The van der Waals surface area contributed by atoms with Gasteiger partial charge in [0.25, 0.3) is 0 Å². The van der Waals surface area contributed by atoms with E-state index in [0.29, 0.717) is 0 Å². The van der Waals surface area contributed by atoms with E-state index in [9.17, 15) is 4.79 Å². The molecule has 0 aromatic rings. The van der Waals surface area contributed by atoms with Crippen LogP contribution >= 0.6 is 11.8 Å². The Morgan fingerprint density at radius 1 is 1.86 bits per heavy atom. The van der Waals surface area contributed by atoms with Crippen LogP contribution in [0, 0.1) is 0 Å². The van der Waals surface area contributed by atoms with E-state index in [1.165, 1.54) is 11.8 Å². The largest absolute Gasteiger partial charge is 0.369 e. The molecule has 0 spiro atoms. The van der Waals surface area contributed by atoms with Crippen molar-refractivity contribution in [1.29, 1.82) is 0 Å². The molecule has 0 aromatic carbocycles. The van der Waals surface area contributed by atoms with E-state index >= 15 is 0 Å². The molecule has 2 N–H and O–H groups in total. The molecule has 0 fully saturated rings. The molecule has 0 saturated heterocycles. The molecular weight excluding hydrogens is 110 g/mol. The molecule has 0 aromatic heterocycles. The quantitative estimate of drug-likeness (QED) is 0.565. The van der Waals surface area contributed by atoms with E-state index in [-0.39, 0.29) is 11.2 Å². The highest BCUT2D eigenvalue weighted by atomic mass is 32.2. The number of carbonyl (C=O) groups is 1. The SMILES string of the molecule is CSC(C)C(N)=O. The Balaban J connectivity index is 3.34. The van der Waals surface area contributed by atoms with Crippen LogP contribution in [-0.4, -0.2) is 17.4 Å². The topological polar surface area (TPSA) is 43.1 Å². The number of hydrogen-bond acceptors (Lipinski definition) is 2. The van der Waals surface area contributed by atoms with Crippen LogP contribution in [0.1, 0.15) is 6.92 Å². The molecule has 1 unspecified atom stereocenters. The zero-order valence-electron chi connectivity index (χ0n) is 4.47. The van der Waals surface area contributed by atoms with Crippen molar-refractivity contribution in [2.45, 2.75) is 12.2 Å². The fraction of sp³-hybridized carbons (Fsp3) is 0.750. The van der Waals surface area contributed by atoms with Crippen LogP contribution in [0.25, 0.3) is 0 Å². The van der Waals surface area contributed by atoms with Gasteiger partial charge in [-0.25, -0.2) is 0 Å². The maximum absolute atomic E-state index is 10.1. The van der Waals surface area contributed by atoms with Crippen molar-refractivity contribution in [2.75, 3.05) is 6.26 Å². The van der Waals surface area contributed by atoms with Gasteiger partial charge in [0.15, 0.2) is 0 Å². The van der Waals surface area contributed by atoms with Crippen molar-refractivity contribution in [2.24, 2.45) is 5.73 Å². The van der Waals surface area contributed by atoms with E-state index < -0.39 is 0 Å². The summed E-state index contributed by atoms with van der Waals surface area (Å²) in [6.07, 6.45) is 1.86. The van der Waals surface area contributed by atoms with E-state index in [2.05, 4.69) is 0 Å². The first-order valence-electron chi connectivity index (χ1n) is 2.00. The molecule has 7 heavy (non-hydrogen) atoms. The van der Waals surface area contributed by atoms with E-state index in [0.717, 1.165) is 0 Å². The minimum Gasteiger partial charge on any atom is -0.369 e. The van der Waals surface area contributed by atoms with Gasteiger partial charge in [0.2, 0.25) is 5.91 Å². The summed E-state index contributed by atoms with van der Waals surface area (Å²) in [5, 5.41) is -0.0417. The Bertz CT molecular complexity index is 74.1. The van der Waals surface area contributed by atoms with E-state index in [4.69, 9.17) is 5.73 Å². The first-order chi connectivity index (χ1) is 3.18. The van der Waals surface area contributed by atoms with Gasteiger partial charge in [0.1, 0.15) is 0 Å². The summed E-state index contributed by atoms with van der Waals surface area (Å²) in [6.45, 7) is 1.78. The third-order valence-electron chi connectivity index (χ3n) is 0.754. The molecule has 0 aliphatic rings. The van der Waals surface area contributed by atoms with E-state index in [1.807, 2.05) is 6.26 Å². The molecule has 0 rings (SSSR count). The molecule has 0 heterocycles. The van der Waals surface area contributed by atoms with Crippen LogP contribution in [0.4, 0.5) is 0 Å². The van der Waals surface area contributed by atoms with Gasteiger partial charge >= 0.3 is 0 Å². The number of amides is 1. The van der Waals surface area contributed by atoms with Gasteiger partial charge in [-0.1, -0.05) is 0 Å². The first kappa shape index (κ1) is 6.82. The molecular formula is C4H9NOS. The third-order valence-corrected chi connectivity index (χ3v) is 1.69. The summed E-state index contributed by atoms with van der Waals surface area (Å²) < 4.78 is 0. The minimum atomic E-state index is -0.243. The monoisotopic (exact) mass is 119 g/mol. The first-order valence-corrected chi connectivity index (χ1v) is 3.29. The van der Waals surface area contributed by atoms with Gasteiger partial charge in [-0.3, -0.25) is 4.79 Å². The number of nitrogens with two attached hydrogens (primary N) is 1. The second-order valence-corrected chi connectivity index (χ2v) is 2.46. The molecule has 0 aliphatic carbocycles. The predicted octanol–water partition coefficient (Wildman–Crippen LogP) is 0.223. The molecule has 0 aliphatic heterocycles.